The van der Waals surface area contributed by atoms with E-state index in [1.807, 2.05) is 12.3 Å². The Bertz CT molecular complexity index is 1070. The SMILES string of the molecule is Cc1cn2c3nccc4occ(c5cccc1c52)c43. The van der Waals surface area contributed by atoms with Crippen molar-refractivity contribution in [3.63, 3.8) is 0 Å². The van der Waals surface area contributed by atoms with Crippen LogP contribution in [0.5, 0.6) is 0 Å². The lowest BCUT2D eigenvalue weighted by Gasteiger charge is -2.05. The summed E-state index contributed by atoms with van der Waals surface area (Å²) < 4.78 is 7.85. The Morgan fingerprint density at radius 3 is 2.95 bits per heavy atom. The van der Waals surface area contributed by atoms with Crippen molar-refractivity contribution in [3.8, 4) is 0 Å². The molecule has 0 spiro atoms. The Labute approximate surface area is 108 Å². The van der Waals surface area contributed by atoms with Crippen LogP contribution in [0.2, 0.25) is 0 Å². The van der Waals surface area contributed by atoms with Crippen molar-refractivity contribution in [1.82, 2.24) is 9.38 Å². The zero-order valence-electron chi connectivity index (χ0n) is 10.3. The van der Waals surface area contributed by atoms with E-state index in [9.17, 15) is 0 Å². The van der Waals surface area contributed by atoms with Crippen LogP contribution in [0.3, 0.4) is 0 Å². The third-order valence-corrected chi connectivity index (χ3v) is 4.01. The first-order valence-electron chi connectivity index (χ1n) is 6.32. The molecular formula is C16H10N2O. The molecule has 0 aliphatic rings. The smallest absolute Gasteiger partial charge is 0.148 e. The molecule has 19 heavy (non-hydrogen) atoms. The van der Waals surface area contributed by atoms with Gasteiger partial charge in [-0.15, -0.1) is 0 Å². The number of fused-ring (bicyclic) bond motifs is 2. The first-order valence-corrected chi connectivity index (χ1v) is 6.32. The highest BCUT2D eigenvalue weighted by Crippen LogP contribution is 2.37. The molecule has 1 aromatic carbocycles. The number of furan rings is 1. The maximum Gasteiger partial charge on any atom is 0.148 e. The average molecular weight is 246 g/mol. The molecule has 5 aromatic rings. The molecule has 3 nitrogen and oxygen atoms in total. The predicted molar refractivity (Wildman–Crippen MR) is 75.9 cm³/mol. The third kappa shape index (κ3) is 0.943. The summed E-state index contributed by atoms with van der Waals surface area (Å²) in [6.45, 7) is 2.14. The third-order valence-electron chi connectivity index (χ3n) is 4.01. The van der Waals surface area contributed by atoms with E-state index in [1.165, 1.54) is 21.9 Å². The van der Waals surface area contributed by atoms with Gasteiger partial charge in [-0.25, -0.2) is 4.98 Å². The van der Waals surface area contributed by atoms with Crippen LogP contribution >= 0.6 is 0 Å². The number of hydrogen-bond acceptors (Lipinski definition) is 2. The summed E-state index contributed by atoms with van der Waals surface area (Å²) in [6.07, 6.45) is 5.81. The summed E-state index contributed by atoms with van der Waals surface area (Å²) in [4.78, 5) is 4.55. The molecular weight excluding hydrogens is 236 g/mol. The minimum absolute atomic E-state index is 0.897. The molecule has 0 bridgehead atoms. The van der Waals surface area contributed by atoms with Gasteiger partial charge in [0, 0.05) is 28.6 Å². The van der Waals surface area contributed by atoms with Gasteiger partial charge < -0.3 is 4.42 Å². The van der Waals surface area contributed by atoms with Gasteiger partial charge >= 0.3 is 0 Å². The average Bonchev–Trinajstić information content (AvgIpc) is 3.00. The molecule has 0 fully saturated rings. The zero-order chi connectivity index (χ0) is 12.6. The number of nitrogens with zero attached hydrogens (tertiary/aromatic N) is 2. The number of para-hydroxylation sites is 1. The highest BCUT2D eigenvalue weighted by atomic mass is 16.3. The molecule has 0 saturated heterocycles. The Balaban J connectivity index is 2.33. The minimum Gasteiger partial charge on any atom is -0.463 e. The first kappa shape index (κ1) is 9.39. The Kier molecular flexibility index (Phi) is 1.42. The van der Waals surface area contributed by atoms with Gasteiger partial charge in [0.15, 0.2) is 0 Å². The monoisotopic (exact) mass is 246 g/mol. The summed E-state index contributed by atoms with van der Waals surface area (Å²) in [5.41, 5.74) is 4.37. The lowest BCUT2D eigenvalue weighted by molar-refractivity contribution is 0.619. The van der Waals surface area contributed by atoms with Crippen LogP contribution in [0.4, 0.5) is 0 Å². The van der Waals surface area contributed by atoms with E-state index in [-0.39, 0.29) is 0 Å². The number of aryl methyl sites for hydroxylation is 1. The van der Waals surface area contributed by atoms with Gasteiger partial charge in [-0.1, -0.05) is 18.2 Å². The van der Waals surface area contributed by atoms with Crippen LogP contribution in [-0.4, -0.2) is 9.38 Å². The van der Waals surface area contributed by atoms with Crippen LogP contribution in [-0.2, 0) is 0 Å². The molecule has 0 unspecified atom stereocenters. The number of hydrogen-bond donors (Lipinski definition) is 0. The summed E-state index contributed by atoms with van der Waals surface area (Å²) in [7, 11) is 0. The molecule has 90 valence electrons. The second kappa shape index (κ2) is 2.88. The van der Waals surface area contributed by atoms with E-state index in [4.69, 9.17) is 4.42 Å². The number of rotatable bonds is 0. The summed E-state index contributed by atoms with van der Waals surface area (Å²) in [6, 6.07) is 8.34. The van der Waals surface area contributed by atoms with Crippen molar-refractivity contribution >= 4 is 38.3 Å². The molecule has 4 heterocycles. The first-order chi connectivity index (χ1) is 9.34. The highest BCUT2D eigenvalue weighted by molar-refractivity contribution is 6.20. The number of aromatic nitrogens is 2. The molecule has 0 N–H and O–H groups in total. The molecule has 0 atom stereocenters. The van der Waals surface area contributed by atoms with Crippen molar-refractivity contribution in [3.05, 3.63) is 48.5 Å². The van der Waals surface area contributed by atoms with Crippen molar-refractivity contribution in [2.24, 2.45) is 0 Å². The van der Waals surface area contributed by atoms with Crippen LogP contribution < -0.4 is 0 Å². The van der Waals surface area contributed by atoms with Gasteiger partial charge in [-0.05, 0) is 18.6 Å². The minimum atomic E-state index is 0.897. The summed E-state index contributed by atoms with van der Waals surface area (Å²) >= 11 is 0. The maximum absolute atomic E-state index is 5.67. The molecule has 4 aromatic heterocycles. The van der Waals surface area contributed by atoms with E-state index >= 15 is 0 Å². The summed E-state index contributed by atoms with van der Waals surface area (Å²) in [5, 5.41) is 4.76. The zero-order valence-corrected chi connectivity index (χ0v) is 10.3. The predicted octanol–water partition coefficient (Wildman–Crippen LogP) is 4.13. The fourth-order valence-electron chi connectivity index (χ4n) is 3.18. The van der Waals surface area contributed by atoms with E-state index in [0.29, 0.717) is 0 Å². The molecule has 0 amide bonds. The van der Waals surface area contributed by atoms with E-state index in [0.717, 1.165) is 22.0 Å². The largest absolute Gasteiger partial charge is 0.463 e. The maximum atomic E-state index is 5.67. The lowest BCUT2D eigenvalue weighted by atomic mass is 10.1. The normalized spacial score (nSPS) is 12.5. The van der Waals surface area contributed by atoms with Gasteiger partial charge in [0.25, 0.3) is 0 Å². The van der Waals surface area contributed by atoms with Crippen molar-refractivity contribution < 1.29 is 4.42 Å². The van der Waals surface area contributed by atoms with Crippen molar-refractivity contribution in [2.75, 3.05) is 0 Å². The number of pyridine rings is 2. The van der Waals surface area contributed by atoms with Crippen molar-refractivity contribution in [2.45, 2.75) is 6.92 Å². The van der Waals surface area contributed by atoms with Crippen LogP contribution in [0.1, 0.15) is 5.56 Å². The van der Waals surface area contributed by atoms with Gasteiger partial charge in [-0.3, -0.25) is 4.40 Å². The van der Waals surface area contributed by atoms with Gasteiger partial charge in [0.1, 0.15) is 11.2 Å². The fraction of sp³-hybridized carbons (Fsp3) is 0.0625. The molecule has 5 rings (SSSR count). The molecule has 0 aliphatic heterocycles. The number of benzene rings is 1. The topological polar surface area (TPSA) is 30.4 Å². The lowest BCUT2D eigenvalue weighted by Crippen LogP contribution is -1.91. The highest BCUT2D eigenvalue weighted by Gasteiger charge is 2.16. The fourth-order valence-corrected chi connectivity index (χ4v) is 3.18. The molecule has 3 heteroatoms. The molecule has 0 saturated carbocycles. The summed E-state index contributed by atoms with van der Waals surface area (Å²) in [5.74, 6) is 0. The Hall–Kier alpha value is -2.55. The van der Waals surface area contributed by atoms with Gasteiger partial charge in [-0.2, -0.15) is 0 Å². The van der Waals surface area contributed by atoms with Crippen LogP contribution in [0, 0.1) is 6.92 Å². The van der Waals surface area contributed by atoms with Crippen LogP contribution in [0.25, 0.3) is 38.3 Å². The standard InChI is InChI=1S/C16H10N2O/c1-9-7-18-15-10(9)3-2-4-11(15)12-8-19-13-5-6-17-16(18)14(12)13/h2-8H,1H3. The van der Waals surface area contributed by atoms with Gasteiger partial charge in [0.05, 0.1) is 17.2 Å². The van der Waals surface area contributed by atoms with Crippen molar-refractivity contribution in [1.29, 1.82) is 0 Å². The quantitative estimate of drug-likeness (QED) is 0.384. The van der Waals surface area contributed by atoms with Crippen LogP contribution in [0.15, 0.2) is 47.3 Å². The molecule has 0 radical (unpaired) electrons. The van der Waals surface area contributed by atoms with E-state index < -0.39 is 0 Å². The Morgan fingerprint density at radius 1 is 1.11 bits per heavy atom. The van der Waals surface area contributed by atoms with Gasteiger partial charge in [0.2, 0.25) is 0 Å². The Morgan fingerprint density at radius 2 is 2.00 bits per heavy atom. The van der Waals surface area contributed by atoms with E-state index in [2.05, 4.69) is 40.7 Å². The van der Waals surface area contributed by atoms with E-state index in [1.54, 1.807) is 6.20 Å². The molecule has 0 aliphatic carbocycles. The second-order valence-corrected chi connectivity index (χ2v) is 5.04. The second-order valence-electron chi connectivity index (χ2n) is 5.04.